The molecule has 6 heteroatoms. The van der Waals surface area contributed by atoms with Crippen molar-refractivity contribution in [3.63, 3.8) is 0 Å². The summed E-state index contributed by atoms with van der Waals surface area (Å²) >= 11 is 5.96. The standard InChI is InChI=1S/C13H9ClN4O/c14-10-3-1-2-9(11(10)15)13-17-12(18-19-13)8-4-6-16-7-5-8/h1-7H,15H2. The molecule has 0 saturated heterocycles. The Balaban J connectivity index is 2.05. The third-order valence-corrected chi connectivity index (χ3v) is 2.98. The summed E-state index contributed by atoms with van der Waals surface area (Å²) in [4.78, 5) is 8.25. The van der Waals surface area contributed by atoms with Gasteiger partial charge in [0.2, 0.25) is 5.82 Å². The van der Waals surface area contributed by atoms with Crippen molar-refractivity contribution < 1.29 is 4.52 Å². The Morgan fingerprint density at radius 3 is 2.68 bits per heavy atom. The van der Waals surface area contributed by atoms with Gasteiger partial charge in [-0.05, 0) is 24.3 Å². The molecule has 2 heterocycles. The highest BCUT2D eigenvalue weighted by molar-refractivity contribution is 6.33. The van der Waals surface area contributed by atoms with Gasteiger partial charge in [0.15, 0.2) is 0 Å². The Bertz CT molecular complexity index is 712. The second-order valence-electron chi connectivity index (χ2n) is 3.86. The van der Waals surface area contributed by atoms with E-state index in [1.54, 1.807) is 42.7 Å². The van der Waals surface area contributed by atoms with Crippen molar-refractivity contribution in [2.24, 2.45) is 0 Å². The molecule has 0 bridgehead atoms. The van der Waals surface area contributed by atoms with Gasteiger partial charge in [0.05, 0.1) is 16.3 Å². The zero-order valence-electron chi connectivity index (χ0n) is 9.75. The molecule has 0 aliphatic rings. The van der Waals surface area contributed by atoms with Crippen molar-refractivity contribution in [3.05, 3.63) is 47.7 Å². The first-order chi connectivity index (χ1) is 9.25. The fourth-order valence-electron chi connectivity index (χ4n) is 1.67. The van der Waals surface area contributed by atoms with E-state index in [0.29, 0.717) is 28.0 Å². The number of anilines is 1. The van der Waals surface area contributed by atoms with E-state index in [1.165, 1.54) is 0 Å². The summed E-state index contributed by atoms with van der Waals surface area (Å²) < 4.78 is 5.22. The van der Waals surface area contributed by atoms with Crippen LogP contribution in [0.4, 0.5) is 5.69 Å². The van der Waals surface area contributed by atoms with Gasteiger partial charge in [-0.2, -0.15) is 4.98 Å². The van der Waals surface area contributed by atoms with Crippen molar-refractivity contribution in [1.82, 2.24) is 15.1 Å². The number of nitrogens with zero attached hydrogens (tertiary/aromatic N) is 3. The molecular weight excluding hydrogens is 264 g/mol. The largest absolute Gasteiger partial charge is 0.397 e. The summed E-state index contributed by atoms with van der Waals surface area (Å²) in [5, 5.41) is 4.38. The molecule has 1 aromatic carbocycles. The minimum atomic E-state index is 0.340. The number of rotatable bonds is 2. The van der Waals surface area contributed by atoms with Gasteiger partial charge in [0, 0.05) is 18.0 Å². The van der Waals surface area contributed by atoms with Gasteiger partial charge in [0.1, 0.15) is 0 Å². The maximum Gasteiger partial charge on any atom is 0.260 e. The van der Waals surface area contributed by atoms with Gasteiger partial charge in [-0.1, -0.05) is 22.8 Å². The Kier molecular flexibility index (Phi) is 2.89. The number of para-hydroxylation sites is 1. The number of hydrogen-bond donors (Lipinski definition) is 1. The molecule has 0 saturated carbocycles. The minimum Gasteiger partial charge on any atom is -0.397 e. The van der Waals surface area contributed by atoms with Crippen molar-refractivity contribution >= 4 is 17.3 Å². The third kappa shape index (κ3) is 2.15. The average Bonchev–Trinajstić information content (AvgIpc) is 2.92. The Hall–Kier alpha value is -2.40. The molecule has 0 amide bonds. The van der Waals surface area contributed by atoms with E-state index in [0.717, 1.165) is 5.56 Å². The van der Waals surface area contributed by atoms with Crippen LogP contribution in [0, 0.1) is 0 Å². The van der Waals surface area contributed by atoms with Gasteiger partial charge in [0.25, 0.3) is 5.89 Å². The van der Waals surface area contributed by atoms with Gasteiger partial charge < -0.3 is 10.3 Å². The zero-order valence-corrected chi connectivity index (χ0v) is 10.5. The Morgan fingerprint density at radius 1 is 1.11 bits per heavy atom. The number of hydrogen-bond acceptors (Lipinski definition) is 5. The smallest absolute Gasteiger partial charge is 0.260 e. The van der Waals surface area contributed by atoms with Crippen LogP contribution in [0.15, 0.2) is 47.2 Å². The average molecular weight is 273 g/mol. The summed E-state index contributed by atoms with van der Waals surface area (Å²) in [6, 6.07) is 8.88. The summed E-state index contributed by atoms with van der Waals surface area (Å²) in [6.07, 6.45) is 3.33. The van der Waals surface area contributed by atoms with Crippen LogP contribution >= 0.6 is 11.6 Å². The fraction of sp³-hybridized carbons (Fsp3) is 0. The lowest BCUT2D eigenvalue weighted by molar-refractivity contribution is 0.432. The summed E-state index contributed by atoms with van der Waals surface area (Å²) in [5.74, 6) is 0.823. The number of nitrogens with two attached hydrogens (primary N) is 1. The van der Waals surface area contributed by atoms with E-state index in [1.807, 2.05) is 0 Å². The van der Waals surface area contributed by atoms with Crippen LogP contribution in [-0.4, -0.2) is 15.1 Å². The molecule has 0 fully saturated rings. The summed E-state index contributed by atoms with van der Waals surface area (Å²) in [5.41, 5.74) is 7.77. The van der Waals surface area contributed by atoms with Gasteiger partial charge in [-0.25, -0.2) is 0 Å². The number of nitrogen functional groups attached to an aromatic ring is 1. The summed E-state index contributed by atoms with van der Waals surface area (Å²) in [6.45, 7) is 0. The molecule has 2 N–H and O–H groups in total. The van der Waals surface area contributed by atoms with E-state index in [9.17, 15) is 0 Å². The molecule has 2 aromatic heterocycles. The van der Waals surface area contributed by atoms with E-state index >= 15 is 0 Å². The topological polar surface area (TPSA) is 77.8 Å². The van der Waals surface area contributed by atoms with Gasteiger partial charge >= 0.3 is 0 Å². The van der Waals surface area contributed by atoms with Crippen molar-refractivity contribution in [3.8, 4) is 22.8 Å². The summed E-state index contributed by atoms with van der Waals surface area (Å²) in [7, 11) is 0. The minimum absolute atomic E-state index is 0.340. The molecule has 0 atom stereocenters. The molecule has 19 heavy (non-hydrogen) atoms. The third-order valence-electron chi connectivity index (χ3n) is 2.65. The highest BCUT2D eigenvalue weighted by Gasteiger charge is 2.14. The Morgan fingerprint density at radius 2 is 1.89 bits per heavy atom. The molecule has 0 unspecified atom stereocenters. The predicted molar refractivity (Wildman–Crippen MR) is 72.4 cm³/mol. The van der Waals surface area contributed by atoms with Crippen LogP contribution in [0.2, 0.25) is 5.02 Å². The number of pyridine rings is 1. The lowest BCUT2D eigenvalue weighted by Gasteiger charge is -2.01. The van der Waals surface area contributed by atoms with Crippen LogP contribution < -0.4 is 5.73 Å². The molecule has 3 rings (SSSR count). The normalized spacial score (nSPS) is 10.6. The lowest BCUT2D eigenvalue weighted by Crippen LogP contribution is -1.91. The number of benzene rings is 1. The van der Waals surface area contributed by atoms with Crippen molar-refractivity contribution in [1.29, 1.82) is 0 Å². The highest BCUT2D eigenvalue weighted by atomic mass is 35.5. The molecule has 0 aliphatic carbocycles. The van der Waals surface area contributed by atoms with Gasteiger partial charge in [-0.3, -0.25) is 4.98 Å². The van der Waals surface area contributed by atoms with Crippen molar-refractivity contribution in [2.45, 2.75) is 0 Å². The molecule has 94 valence electrons. The second kappa shape index (κ2) is 4.70. The number of aromatic nitrogens is 3. The molecule has 0 radical (unpaired) electrons. The van der Waals surface area contributed by atoms with E-state index < -0.39 is 0 Å². The second-order valence-corrected chi connectivity index (χ2v) is 4.27. The van der Waals surface area contributed by atoms with Crippen molar-refractivity contribution in [2.75, 3.05) is 5.73 Å². The van der Waals surface area contributed by atoms with Crippen LogP contribution in [0.1, 0.15) is 0 Å². The van der Waals surface area contributed by atoms with Crippen LogP contribution in [0.5, 0.6) is 0 Å². The molecule has 0 spiro atoms. The molecule has 0 aliphatic heterocycles. The van der Waals surface area contributed by atoms with Gasteiger partial charge in [-0.15, -0.1) is 0 Å². The Labute approximate surface area is 114 Å². The SMILES string of the molecule is Nc1c(Cl)cccc1-c1nc(-c2ccncc2)no1. The first kappa shape index (κ1) is 11.7. The first-order valence-electron chi connectivity index (χ1n) is 5.54. The molecular formula is C13H9ClN4O. The molecule has 3 aromatic rings. The zero-order chi connectivity index (χ0) is 13.2. The quantitative estimate of drug-likeness (QED) is 0.726. The highest BCUT2D eigenvalue weighted by Crippen LogP contribution is 2.31. The van der Waals surface area contributed by atoms with E-state index in [4.69, 9.17) is 21.9 Å². The first-order valence-corrected chi connectivity index (χ1v) is 5.92. The fourth-order valence-corrected chi connectivity index (χ4v) is 1.85. The number of halogens is 1. The van der Waals surface area contributed by atoms with E-state index in [2.05, 4.69) is 15.1 Å². The van der Waals surface area contributed by atoms with Crippen LogP contribution in [0.3, 0.4) is 0 Å². The maximum atomic E-state index is 5.96. The van der Waals surface area contributed by atoms with Crippen LogP contribution in [0.25, 0.3) is 22.8 Å². The van der Waals surface area contributed by atoms with Crippen LogP contribution in [-0.2, 0) is 0 Å². The molecule has 5 nitrogen and oxygen atoms in total. The lowest BCUT2D eigenvalue weighted by atomic mass is 10.2. The van der Waals surface area contributed by atoms with E-state index in [-0.39, 0.29) is 0 Å². The maximum absolute atomic E-state index is 5.96. The predicted octanol–water partition coefficient (Wildman–Crippen LogP) is 3.03. The monoisotopic (exact) mass is 272 g/mol.